The minimum atomic E-state index is -1.00. The zero-order valence-electron chi connectivity index (χ0n) is 9.33. The van der Waals surface area contributed by atoms with Crippen LogP contribution in [-0.4, -0.2) is 25.0 Å². The molecular formula is C8H3N5O7. The maximum absolute atomic E-state index is 10.9. The molecule has 12 nitrogen and oxygen atoms in total. The van der Waals surface area contributed by atoms with Gasteiger partial charge in [0.15, 0.2) is 5.56 Å². The Labute approximate surface area is 108 Å². The fraction of sp³-hybridized carbons (Fsp3) is 0. The van der Waals surface area contributed by atoms with Crippen molar-refractivity contribution in [1.29, 1.82) is 0 Å². The standard InChI is InChI=1S/C8H3N5O7/c14-11(15)4-1-5(12(16)17)7(6(2-4)13(18)19)8-10-9-3-20-8/h1-3H. The van der Waals surface area contributed by atoms with Crippen LogP contribution in [0.3, 0.4) is 0 Å². The van der Waals surface area contributed by atoms with Gasteiger partial charge in [-0.25, -0.2) is 0 Å². The van der Waals surface area contributed by atoms with Gasteiger partial charge in [0, 0.05) is 0 Å². The second kappa shape index (κ2) is 4.68. The number of hydrogen-bond acceptors (Lipinski definition) is 9. The molecule has 0 aliphatic heterocycles. The van der Waals surface area contributed by atoms with Crippen molar-refractivity contribution in [3.05, 3.63) is 48.9 Å². The van der Waals surface area contributed by atoms with Gasteiger partial charge in [0.1, 0.15) is 0 Å². The average molecular weight is 281 g/mol. The molecule has 0 fully saturated rings. The van der Waals surface area contributed by atoms with Gasteiger partial charge in [0.05, 0.1) is 26.9 Å². The van der Waals surface area contributed by atoms with E-state index in [1.54, 1.807) is 0 Å². The fourth-order valence-electron chi connectivity index (χ4n) is 1.49. The Balaban J connectivity index is 2.85. The summed E-state index contributed by atoms with van der Waals surface area (Å²) in [5.41, 5.74) is -3.10. The summed E-state index contributed by atoms with van der Waals surface area (Å²) >= 11 is 0. The zero-order valence-corrected chi connectivity index (χ0v) is 9.33. The predicted octanol–water partition coefficient (Wildman–Crippen LogP) is 1.46. The smallest absolute Gasteiger partial charge is 0.296 e. The van der Waals surface area contributed by atoms with Gasteiger partial charge in [-0.1, -0.05) is 0 Å². The summed E-state index contributed by atoms with van der Waals surface area (Å²) < 4.78 is 4.70. The average Bonchev–Trinajstić information content (AvgIpc) is 2.90. The molecule has 2 aromatic rings. The van der Waals surface area contributed by atoms with Crippen LogP contribution in [0.15, 0.2) is 22.9 Å². The Kier molecular flexibility index (Phi) is 3.04. The highest BCUT2D eigenvalue weighted by Gasteiger charge is 2.34. The molecule has 102 valence electrons. The minimum absolute atomic E-state index is 0.474. The highest BCUT2D eigenvalue weighted by Crippen LogP contribution is 2.40. The molecule has 0 unspecified atom stereocenters. The molecule has 0 aliphatic rings. The monoisotopic (exact) mass is 281 g/mol. The number of nitro groups is 3. The van der Waals surface area contributed by atoms with Gasteiger partial charge in [-0.15, -0.1) is 10.2 Å². The first-order chi connectivity index (χ1) is 9.41. The van der Waals surface area contributed by atoms with E-state index < -0.39 is 43.3 Å². The van der Waals surface area contributed by atoms with E-state index in [0.717, 1.165) is 6.39 Å². The molecule has 0 saturated carbocycles. The molecule has 0 aliphatic carbocycles. The van der Waals surface area contributed by atoms with Gasteiger partial charge in [-0.05, 0) is 0 Å². The second-order valence-corrected chi connectivity index (χ2v) is 3.37. The molecule has 0 N–H and O–H groups in total. The maximum atomic E-state index is 10.9. The van der Waals surface area contributed by atoms with Crippen molar-refractivity contribution in [2.75, 3.05) is 0 Å². The Morgan fingerprint density at radius 2 is 1.50 bits per heavy atom. The Bertz CT molecular complexity index is 675. The van der Waals surface area contributed by atoms with Gasteiger partial charge < -0.3 is 4.42 Å². The number of hydrogen-bond donors (Lipinski definition) is 0. The summed E-state index contributed by atoms with van der Waals surface area (Å²) in [6, 6.07) is 1.18. The van der Waals surface area contributed by atoms with Gasteiger partial charge in [0.25, 0.3) is 23.0 Å². The van der Waals surface area contributed by atoms with Crippen LogP contribution >= 0.6 is 0 Å². The van der Waals surface area contributed by atoms with E-state index >= 15 is 0 Å². The molecule has 0 radical (unpaired) electrons. The minimum Gasteiger partial charge on any atom is -0.423 e. The third kappa shape index (κ3) is 2.12. The molecule has 1 aromatic carbocycles. The molecule has 1 heterocycles. The van der Waals surface area contributed by atoms with Crippen LogP contribution in [0.5, 0.6) is 0 Å². The van der Waals surface area contributed by atoms with Crippen molar-refractivity contribution in [3.63, 3.8) is 0 Å². The Morgan fingerprint density at radius 3 is 1.85 bits per heavy atom. The Hall–Kier alpha value is -3.44. The largest absolute Gasteiger partial charge is 0.423 e. The van der Waals surface area contributed by atoms with E-state index in [9.17, 15) is 30.3 Å². The SMILES string of the molecule is O=[N+]([O-])c1cc([N+](=O)[O-])c(-c2nnco2)c([N+](=O)[O-])c1. The van der Waals surface area contributed by atoms with Crippen molar-refractivity contribution in [2.45, 2.75) is 0 Å². The lowest BCUT2D eigenvalue weighted by molar-refractivity contribution is -0.402. The van der Waals surface area contributed by atoms with Crippen molar-refractivity contribution in [1.82, 2.24) is 10.2 Å². The van der Waals surface area contributed by atoms with Crippen LogP contribution in [0.4, 0.5) is 17.1 Å². The predicted molar refractivity (Wildman–Crippen MR) is 59.7 cm³/mol. The van der Waals surface area contributed by atoms with Crippen LogP contribution in [0.2, 0.25) is 0 Å². The van der Waals surface area contributed by atoms with Gasteiger partial charge in [-0.2, -0.15) is 0 Å². The molecule has 0 amide bonds. The van der Waals surface area contributed by atoms with Crippen molar-refractivity contribution >= 4 is 17.1 Å². The quantitative estimate of drug-likeness (QED) is 0.594. The molecular weight excluding hydrogens is 278 g/mol. The van der Waals surface area contributed by atoms with Crippen LogP contribution in [0, 0.1) is 30.3 Å². The topological polar surface area (TPSA) is 168 Å². The number of nitro benzene ring substituents is 3. The summed E-state index contributed by atoms with van der Waals surface area (Å²) in [5.74, 6) is -0.474. The molecule has 0 spiro atoms. The summed E-state index contributed by atoms with van der Waals surface area (Å²) in [7, 11) is 0. The highest BCUT2D eigenvalue weighted by atomic mass is 16.6. The van der Waals surface area contributed by atoms with E-state index in [-0.39, 0.29) is 0 Å². The summed E-state index contributed by atoms with van der Waals surface area (Å²) in [4.78, 5) is 29.6. The lowest BCUT2D eigenvalue weighted by Gasteiger charge is -2.00. The normalized spacial score (nSPS) is 10.2. The first-order valence-electron chi connectivity index (χ1n) is 4.79. The van der Waals surface area contributed by atoms with E-state index in [1.807, 2.05) is 0 Å². The maximum Gasteiger partial charge on any atom is 0.296 e. The zero-order chi connectivity index (χ0) is 14.9. The first kappa shape index (κ1) is 13.0. The molecule has 0 bridgehead atoms. The van der Waals surface area contributed by atoms with Crippen molar-refractivity contribution in [2.24, 2.45) is 0 Å². The third-order valence-corrected chi connectivity index (χ3v) is 2.26. The molecule has 1 aromatic heterocycles. The molecule has 12 heteroatoms. The second-order valence-electron chi connectivity index (χ2n) is 3.37. The number of benzene rings is 1. The summed E-state index contributed by atoms with van der Waals surface area (Å²) in [6.07, 6.45) is 0.824. The van der Waals surface area contributed by atoms with Crippen molar-refractivity contribution in [3.8, 4) is 11.5 Å². The summed E-state index contributed by atoms with van der Waals surface area (Å²) in [5, 5.41) is 39.1. The van der Waals surface area contributed by atoms with E-state index in [0.29, 0.717) is 12.1 Å². The lowest BCUT2D eigenvalue weighted by atomic mass is 10.1. The lowest BCUT2D eigenvalue weighted by Crippen LogP contribution is -2.00. The molecule has 2 rings (SSSR count). The van der Waals surface area contributed by atoms with Crippen molar-refractivity contribution < 1.29 is 19.2 Å². The van der Waals surface area contributed by atoms with Crippen LogP contribution in [-0.2, 0) is 0 Å². The van der Waals surface area contributed by atoms with Crippen LogP contribution < -0.4 is 0 Å². The van der Waals surface area contributed by atoms with Crippen LogP contribution in [0.1, 0.15) is 0 Å². The number of nitrogens with zero attached hydrogens (tertiary/aromatic N) is 5. The number of non-ortho nitro benzene ring substituents is 1. The highest BCUT2D eigenvalue weighted by molar-refractivity contribution is 5.79. The van der Waals surface area contributed by atoms with E-state index in [2.05, 4.69) is 10.2 Å². The summed E-state index contributed by atoms with van der Waals surface area (Å²) in [6.45, 7) is 0. The van der Waals surface area contributed by atoms with Gasteiger partial charge in [0.2, 0.25) is 6.39 Å². The third-order valence-electron chi connectivity index (χ3n) is 2.26. The molecule has 0 atom stereocenters. The van der Waals surface area contributed by atoms with E-state index in [1.165, 1.54) is 0 Å². The first-order valence-corrected chi connectivity index (χ1v) is 4.79. The molecule has 0 saturated heterocycles. The molecule has 20 heavy (non-hydrogen) atoms. The van der Waals surface area contributed by atoms with Gasteiger partial charge >= 0.3 is 0 Å². The number of rotatable bonds is 4. The Morgan fingerprint density at radius 1 is 0.950 bits per heavy atom. The van der Waals surface area contributed by atoms with Crippen LogP contribution in [0.25, 0.3) is 11.5 Å². The van der Waals surface area contributed by atoms with Gasteiger partial charge in [-0.3, -0.25) is 30.3 Å². The number of aromatic nitrogens is 2. The fourth-order valence-corrected chi connectivity index (χ4v) is 1.49. The van der Waals surface area contributed by atoms with E-state index in [4.69, 9.17) is 4.42 Å².